The number of rotatable bonds is 11. The maximum atomic E-state index is 13.1. The largest absolute Gasteiger partial charge is 0.461 e. The normalized spacial score (nSPS) is 27.4. The van der Waals surface area contributed by atoms with Gasteiger partial charge in [-0.05, 0) is 37.7 Å². The molecule has 1 rings (SSSR count). The molecule has 1 aliphatic carbocycles. The number of allylic oxidation sites excluding steroid dienone is 2. The predicted molar refractivity (Wildman–Crippen MR) is 114 cm³/mol. The highest BCUT2D eigenvalue weighted by atomic mass is 16.5. The first-order valence-corrected chi connectivity index (χ1v) is 10.3. The van der Waals surface area contributed by atoms with Crippen molar-refractivity contribution in [3.8, 4) is 0 Å². The van der Waals surface area contributed by atoms with E-state index in [0.717, 1.165) is 0 Å². The lowest BCUT2D eigenvalue weighted by atomic mass is 9.79. The average molecular weight is 405 g/mol. The van der Waals surface area contributed by atoms with Gasteiger partial charge in [0.2, 0.25) is 0 Å². The summed E-state index contributed by atoms with van der Waals surface area (Å²) in [6, 6.07) is 0. The van der Waals surface area contributed by atoms with Gasteiger partial charge in [-0.15, -0.1) is 13.2 Å². The molecular formula is C24H36O5. The summed E-state index contributed by atoms with van der Waals surface area (Å²) in [5, 5.41) is 11.2. The van der Waals surface area contributed by atoms with Gasteiger partial charge in [-0.2, -0.15) is 0 Å². The molecule has 1 N–H and O–H groups in total. The first-order valence-electron chi connectivity index (χ1n) is 10.3. The summed E-state index contributed by atoms with van der Waals surface area (Å²) in [4.78, 5) is 37.3. The zero-order chi connectivity index (χ0) is 22.4. The highest BCUT2D eigenvalue weighted by Crippen LogP contribution is 2.44. The molecule has 0 aromatic carbocycles. The molecule has 162 valence electrons. The van der Waals surface area contributed by atoms with Crippen LogP contribution >= 0.6 is 0 Å². The Bertz CT molecular complexity index is 687. The van der Waals surface area contributed by atoms with Crippen molar-refractivity contribution in [3.05, 3.63) is 37.0 Å². The van der Waals surface area contributed by atoms with E-state index >= 15 is 0 Å². The Labute approximate surface area is 174 Å². The van der Waals surface area contributed by atoms with Crippen LogP contribution in [0.1, 0.15) is 66.7 Å². The summed E-state index contributed by atoms with van der Waals surface area (Å²) in [7, 11) is 0. The Balaban J connectivity index is 3.01. The van der Waals surface area contributed by atoms with Gasteiger partial charge >= 0.3 is 5.97 Å². The topological polar surface area (TPSA) is 80.7 Å². The van der Waals surface area contributed by atoms with Gasteiger partial charge in [0.15, 0.2) is 5.78 Å². The van der Waals surface area contributed by atoms with Crippen molar-refractivity contribution in [2.24, 2.45) is 17.3 Å². The highest BCUT2D eigenvalue weighted by molar-refractivity contribution is 6.02. The average Bonchev–Trinajstić information content (AvgIpc) is 2.93. The minimum atomic E-state index is -1.67. The number of hydrogen-bond donors (Lipinski definition) is 1. The van der Waals surface area contributed by atoms with Crippen LogP contribution in [0.2, 0.25) is 0 Å². The Hall–Kier alpha value is -2.01. The molecule has 29 heavy (non-hydrogen) atoms. The van der Waals surface area contributed by atoms with Crippen LogP contribution in [-0.4, -0.2) is 34.3 Å². The zero-order valence-corrected chi connectivity index (χ0v) is 18.5. The third-order valence-corrected chi connectivity index (χ3v) is 5.91. The minimum absolute atomic E-state index is 0.109. The number of aliphatic hydroxyl groups is 1. The Morgan fingerprint density at radius 3 is 2.41 bits per heavy atom. The second kappa shape index (κ2) is 10.1. The van der Waals surface area contributed by atoms with Gasteiger partial charge in [-0.25, -0.2) is 0 Å². The molecular weight excluding hydrogens is 368 g/mol. The Morgan fingerprint density at radius 1 is 1.28 bits per heavy atom. The third-order valence-electron chi connectivity index (χ3n) is 5.91. The van der Waals surface area contributed by atoms with Crippen LogP contribution in [0.5, 0.6) is 0 Å². The molecule has 1 aliphatic rings. The number of esters is 1. The molecule has 1 fully saturated rings. The van der Waals surface area contributed by atoms with Crippen molar-refractivity contribution < 1.29 is 24.2 Å². The molecule has 4 atom stereocenters. The van der Waals surface area contributed by atoms with Gasteiger partial charge in [-0.3, -0.25) is 14.4 Å². The first-order chi connectivity index (χ1) is 13.4. The molecule has 1 saturated carbocycles. The Kier molecular flexibility index (Phi) is 8.76. The lowest BCUT2D eigenvalue weighted by Gasteiger charge is -2.29. The summed E-state index contributed by atoms with van der Waals surface area (Å²) >= 11 is 0. The number of hydrogen-bond acceptors (Lipinski definition) is 5. The van der Waals surface area contributed by atoms with E-state index in [1.165, 1.54) is 6.08 Å². The van der Waals surface area contributed by atoms with Crippen molar-refractivity contribution in [3.63, 3.8) is 0 Å². The molecule has 5 heteroatoms. The zero-order valence-electron chi connectivity index (χ0n) is 18.5. The van der Waals surface area contributed by atoms with E-state index in [-0.39, 0.29) is 30.5 Å². The molecule has 0 aliphatic heterocycles. The van der Waals surface area contributed by atoms with E-state index in [1.807, 2.05) is 20.8 Å². The first kappa shape index (κ1) is 25.0. The van der Waals surface area contributed by atoms with Gasteiger partial charge in [0, 0.05) is 18.3 Å². The summed E-state index contributed by atoms with van der Waals surface area (Å²) < 4.78 is 5.49. The second-order valence-corrected chi connectivity index (χ2v) is 8.73. The van der Waals surface area contributed by atoms with Gasteiger partial charge in [0.05, 0.1) is 5.92 Å². The highest BCUT2D eigenvalue weighted by Gasteiger charge is 2.55. The van der Waals surface area contributed by atoms with Crippen molar-refractivity contribution in [2.75, 3.05) is 0 Å². The number of Topliss-reactive ketones (excluding diaryl/α,β-unsaturated/α-hetero) is 2. The number of carbonyl (C=O) groups is 3. The number of ether oxygens (including phenoxy) is 1. The summed E-state index contributed by atoms with van der Waals surface area (Å²) in [6.07, 6.45) is 6.23. The van der Waals surface area contributed by atoms with Crippen molar-refractivity contribution in [2.45, 2.75) is 78.4 Å². The molecule has 0 radical (unpaired) electrons. The van der Waals surface area contributed by atoms with Crippen LogP contribution in [0.3, 0.4) is 0 Å². The lowest BCUT2D eigenvalue weighted by molar-refractivity contribution is -0.154. The molecule has 5 nitrogen and oxygen atoms in total. The van der Waals surface area contributed by atoms with E-state index in [1.54, 1.807) is 26.0 Å². The molecule has 0 bridgehead atoms. The van der Waals surface area contributed by atoms with Gasteiger partial charge in [0.25, 0.3) is 0 Å². The fraction of sp³-hybridized carbons (Fsp3) is 0.625. The van der Waals surface area contributed by atoms with E-state index < -0.39 is 28.8 Å². The standard InChI is InChI=1S/C24H36O5/c1-8-11-12-19(25)23(6,7)14-13-16(4)22(27)24(28)15-17(5)21(18(24)9-2)29-20(26)10-3/h8-9,13,17-18,21,28H,1-2,10-12,14-15H2,3-7H3/b16-13+/t17-,18-,21+,24+/m0/s1. The van der Waals surface area contributed by atoms with Crippen LogP contribution < -0.4 is 0 Å². The predicted octanol–water partition coefficient (Wildman–Crippen LogP) is 4.35. The molecule has 0 unspecified atom stereocenters. The number of ketones is 2. The lowest BCUT2D eigenvalue weighted by Crippen LogP contribution is -2.45. The molecule has 0 aromatic heterocycles. The SMILES string of the molecule is C=CCCC(=O)C(C)(C)C/C=C(\C)C(=O)[C@@]1(O)C[C@H](C)[C@@H](OC(=O)CC)[C@@H]1C=C. The van der Waals surface area contributed by atoms with Crippen LogP contribution in [0.25, 0.3) is 0 Å². The summed E-state index contributed by atoms with van der Waals surface area (Å²) in [6.45, 7) is 16.3. The molecule has 0 spiro atoms. The fourth-order valence-corrected chi connectivity index (χ4v) is 3.89. The Morgan fingerprint density at radius 2 is 1.90 bits per heavy atom. The summed E-state index contributed by atoms with van der Waals surface area (Å²) in [5.41, 5.74) is -1.87. The van der Waals surface area contributed by atoms with Crippen LogP contribution in [0.4, 0.5) is 0 Å². The van der Waals surface area contributed by atoms with Crippen molar-refractivity contribution >= 4 is 17.5 Å². The van der Waals surface area contributed by atoms with E-state index in [2.05, 4.69) is 13.2 Å². The maximum absolute atomic E-state index is 13.1. The van der Waals surface area contributed by atoms with Gasteiger partial charge in [0.1, 0.15) is 17.5 Å². The van der Waals surface area contributed by atoms with E-state index in [4.69, 9.17) is 4.74 Å². The number of carbonyl (C=O) groups excluding carboxylic acids is 3. The summed E-state index contributed by atoms with van der Waals surface area (Å²) in [5.74, 6) is -1.51. The fourth-order valence-electron chi connectivity index (χ4n) is 3.89. The van der Waals surface area contributed by atoms with Crippen LogP contribution in [0.15, 0.2) is 37.0 Å². The smallest absolute Gasteiger partial charge is 0.305 e. The molecule has 0 saturated heterocycles. The quantitative estimate of drug-likeness (QED) is 0.315. The van der Waals surface area contributed by atoms with Crippen molar-refractivity contribution in [1.82, 2.24) is 0 Å². The third kappa shape index (κ3) is 5.75. The monoisotopic (exact) mass is 404 g/mol. The van der Waals surface area contributed by atoms with Crippen molar-refractivity contribution in [1.29, 1.82) is 0 Å². The van der Waals surface area contributed by atoms with Crippen LogP contribution in [0, 0.1) is 17.3 Å². The second-order valence-electron chi connectivity index (χ2n) is 8.73. The molecule has 0 heterocycles. The molecule has 0 amide bonds. The van der Waals surface area contributed by atoms with Crippen LogP contribution in [-0.2, 0) is 19.1 Å². The molecule has 0 aromatic rings. The van der Waals surface area contributed by atoms with E-state index in [9.17, 15) is 19.5 Å². The van der Waals surface area contributed by atoms with E-state index in [0.29, 0.717) is 24.8 Å². The van der Waals surface area contributed by atoms with Gasteiger partial charge in [-0.1, -0.05) is 45.9 Å². The maximum Gasteiger partial charge on any atom is 0.305 e. The minimum Gasteiger partial charge on any atom is -0.461 e. The van der Waals surface area contributed by atoms with Gasteiger partial charge < -0.3 is 9.84 Å².